The maximum atomic E-state index is 13.0. The number of para-hydroxylation sites is 2. The Labute approximate surface area is 166 Å². The fraction of sp³-hybridized carbons (Fsp3) is 0.429. The summed E-state index contributed by atoms with van der Waals surface area (Å²) in [7, 11) is 0. The highest BCUT2D eigenvalue weighted by Crippen LogP contribution is 2.40. The highest BCUT2D eigenvalue weighted by molar-refractivity contribution is 5.74. The summed E-state index contributed by atoms with van der Waals surface area (Å²) in [5, 5.41) is 3.62. The lowest BCUT2D eigenvalue weighted by atomic mass is 9.98. The Morgan fingerprint density at radius 3 is 2.72 bits per heavy atom. The number of pyridine rings is 1. The van der Waals surface area contributed by atoms with E-state index in [-0.39, 0.29) is 0 Å². The number of aromatic nitrogens is 3. The van der Waals surface area contributed by atoms with E-state index in [9.17, 15) is 13.2 Å². The molecule has 3 aromatic rings. The van der Waals surface area contributed by atoms with E-state index in [0.717, 1.165) is 48.9 Å². The quantitative estimate of drug-likeness (QED) is 0.694. The molecule has 3 atom stereocenters. The summed E-state index contributed by atoms with van der Waals surface area (Å²) in [5.74, 6) is 2.23. The van der Waals surface area contributed by atoms with Gasteiger partial charge in [-0.15, -0.1) is 0 Å². The molecule has 1 saturated carbocycles. The Morgan fingerprint density at radius 1 is 1.03 bits per heavy atom. The van der Waals surface area contributed by atoms with Crippen molar-refractivity contribution in [2.45, 2.75) is 31.6 Å². The monoisotopic (exact) mass is 401 g/mol. The van der Waals surface area contributed by atoms with E-state index >= 15 is 0 Å². The molecule has 0 radical (unpaired) electrons. The van der Waals surface area contributed by atoms with Crippen LogP contribution in [0, 0.1) is 11.8 Å². The first-order valence-electron chi connectivity index (χ1n) is 9.93. The largest absolute Gasteiger partial charge is 0.433 e. The van der Waals surface area contributed by atoms with Crippen LogP contribution in [-0.4, -0.2) is 34.1 Å². The Hall–Kier alpha value is -2.61. The number of anilines is 1. The number of imidazole rings is 1. The van der Waals surface area contributed by atoms with Crippen molar-refractivity contribution in [1.82, 2.24) is 20.3 Å². The average Bonchev–Trinajstić information content (AvgIpc) is 3.39. The normalized spacial score (nSPS) is 24.4. The lowest BCUT2D eigenvalue weighted by molar-refractivity contribution is -0.141. The molecule has 1 aromatic carbocycles. The summed E-state index contributed by atoms with van der Waals surface area (Å²) < 4.78 is 39.0. The molecule has 152 valence electrons. The van der Waals surface area contributed by atoms with Gasteiger partial charge in [-0.05, 0) is 48.9 Å². The number of rotatable bonds is 4. The zero-order chi connectivity index (χ0) is 20.0. The van der Waals surface area contributed by atoms with Gasteiger partial charge in [-0.25, -0.2) is 9.97 Å². The third kappa shape index (κ3) is 3.57. The van der Waals surface area contributed by atoms with Gasteiger partial charge in [0.2, 0.25) is 0 Å². The van der Waals surface area contributed by atoms with Gasteiger partial charge in [0, 0.05) is 19.1 Å². The maximum Gasteiger partial charge on any atom is 0.433 e. The van der Waals surface area contributed by atoms with Crippen LogP contribution in [-0.2, 0) is 12.7 Å². The summed E-state index contributed by atoms with van der Waals surface area (Å²) in [4.78, 5) is 13.8. The second-order valence-electron chi connectivity index (χ2n) is 7.97. The van der Waals surface area contributed by atoms with Gasteiger partial charge in [-0.1, -0.05) is 18.2 Å². The van der Waals surface area contributed by atoms with Gasteiger partial charge >= 0.3 is 6.18 Å². The van der Waals surface area contributed by atoms with Crippen LogP contribution in [0.2, 0.25) is 0 Å². The number of nitrogens with zero attached hydrogens (tertiary/aromatic N) is 3. The van der Waals surface area contributed by atoms with Crippen LogP contribution >= 0.6 is 0 Å². The standard InChI is InChI=1S/C21H22F3N5/c22-21(23,24)18-6-3-7-20(28-18)29-11-13-8-9-15(14(13)12-29)25-10-19-26-16-4-1-2-5-17(16)27-19/h1-7,13-15,25H,8-12H2,(H,26,27)/t13-,14+,15+/m1/s1. The van der Waals surface area contributed by atoms with Gasteiger partial charge in [-0.3, -0.25) is 0 Å². The minimum Gasteiger partial charge on any atom is -0.356 e. The van der Waals surface area contributed by atoms with Gasteiger partial charge in [0.1, 0.15) is 17.3 Å². The first-order valence-corrected chi connectivity index (χ1v) is 9.93. The van der Waals surface area contributed by atoms with Crippen molar-refractivity contribution in [1.29, 1.82) is 0 Å². The topological polar surface area (TPSA) is 56.8 Å². The van der Waals surface area contributed by atoms with Crippen LogP contribution in [0.5, 0.6) is 0 Å². The van der Waals surface area contributed by atoms with E-state index in [0.29, 0.717) is 30.2 Å². The molecule has 29 heavy (non-hydrogen) atoms. The highest BCUT2D eigenvalue weighted by atomic mass is 19.4. The molecule has 3 heterocycles. The Bertz CT molecular complexity index is 982. The summed E-state index contributed by atoms with van der Waals surface area (Å²) in [6.45, 7) is 2.16. The number of halogens is 3. The highest BCUT2D eigenvalue weighted by Gasteiger charge is 2.43. The number of benzene rings is 1. The number of aromatic amines is 1. The maximum absolute atomic E-state index is 13.0. The summed E-state index contributed by atoms with van der Waals surface area (Å²) in [6, 6.07) is 12.4. The van der Waals surface area contributed by atoms with E-state index in [1.165, 1.54) is 6.07 Å². The molecule has 1 aliphatic carbocycles. The third-order valence-electron chi connectivity index (χ3n) is 6.18. The molecule has 2 fully saturated rings. The molecule has 5 nitrogen and oxygen atoms in total. The van der Waals surface area contributed by atoms with Crippen LogP contribution in [0.4, 0.5) is 19.0 Å². The lowest BCUT2D eigenvalue weighted by Gasteiger charge is -2.22. The molecule has 0 spiro atoms. The predicted molar refractivity (Wildman–Crippen MR) is 104 cm³/mol. The van der Waals surface area contributed by atoms with Crippen LogP contribution in [0.1, 0.15) is 24.4 Å². The Balaban J connectivity index is 1.25. The van der Waals surface area contributed by atoms with Crippen LogP contribution in [0.25, 0.3) is 11.0 Å². The van der Waals surface area contributed by atoms with E-state index in [4.69, 9.17) is 0 Å². The average molecular weight is 401 g/mol. The smallest absolute Gasteiger partial charge is 0.356 e. The second kappa shape index (κ2) is 7.02. The minimum atomic E-state index is -4.41. The van der Waals surface area contributed by atoms with Gasteiger partial charge in [0.15, 0.2) is 0 Å². The zero-order valence-corrected chi connectivity index (χ0v) is 15.8. The fourth-order valence-electron chi connectivity index (χ4n) is 4.78. The van der Waals surface area contributed by atoms with Crippen molar-refractivity contribution in [3.8, 4) is 0 Å². The summed E-state index contributed by atoms with van der Waals surface area (Å²) in [6.07, 6.45) is -2.25. The first kappa shape index (κ1) is 18.4. The Kier molecular flexibility index (Phi) is 4.46. The SMILES string of the molecule is FC(F)(F)c1cccc(N2C[C@H]3CC[C@H](NCc4nc5ccccc5[nH]4)[C@H]3C2)n1. The lowest BCUT2D eigenvalue weighted by Crippen LogP contribution is -2.35. The first-order chi connectivity index (χ1) is 14.0. The number of fused-ring (bicyclic) bond motifs is 2. The second-order valence-corrected chi connectivity index (χ2v) is 7.97. The van der Waals surface area contributed by atoms with E-state index in [1.54, 1.807) is 6.07 Å². The molecule has 2 N–H and O–H groups in total. The van der Waals surface area contributed by atoms with Gasteiger partial charge in [0.25, 0.3) is 0 Å². The number of H-pyrrole nitrogens is 1. The number of alkyl halides is 3. The van der Waals surface area contributed by atoms with Crippen molar-refractivity contribution in [2.75, 3.05) is 18.0 Å². The molecule has 5 rings (SSSR count). The van der Waals surface area contributed by atoms with Crippen molar-refractivity contribution in [3.05, 3.63) is 54.0 Å². The molecule has 2 aromatic heterocycles. The van der Waals surface area contributed by atoms with E-state index in [2.05, 4.69) is 20.3 Å². The van der Waals surface area contributed by atoms with E-state index in [1.807, 2.05) is 29.2 Å². The van der Waals surface area contributed by atoms with Crippen molar-refractivity contribution in [3.63, 3.8) is 0 Å². The molecule has 0 amide bonds. The predicted octanol–water partition coefficient (Wildman–Crippen LogP) is 3.98. The van der Waals surface area contributed by atoms with Crippen LogP contribution in [0.15, 0.2) is 42.5 Å². The molecule has 1 aliphatic heterocycles. The van der Waals surface area contributed by atoms with Crippen molar-refractivity contribution < 1.29 is 13.2 Å². The van der Waals surface area contributed by atoms with Crippen molar-refractivity contribution >= 4 is 16.9 Å². The Morgan fingerprint density at radius 2 is 1.90 bits per heavy atom. The van der Waals surface area contributed by atoms with Gasteiger partial charge < -0.3 is 15.2 Å². The fourth-order valence-corrected chi connectivity index (χ4v) is 4.78. The third-order valence-corrected chi connectivity index (χ3v) is 6.18. The van der Waals surface area contributed by atoms with E-state index < -0.39 is 11.9 Å². The van der Waals surface area contributed by atoms with Crippen molar-refractivity contribution in [2.24, 2.45) is 11.8 Å². The molecular weight excluding hydrogens is 379 g/mol. The number of nitrogens with one attached hydrogen (secondary N) is 2. The molecule has 8 heteroatoms. The number of hydrogen-bond acceptors (Lipinski definition) is 4. The number of hydrogen-bond donors (Lipinski definition) is 2. The zero-order valence-electron chi connectivity index (χ0n) is 15.8. The molecule has 0 unspecified atom stereocenters. The van der Waals surface area contributed by atoms with Crippen LogP contribution in [0.3, 0.4) is 0 Å². The summed E-state index contributed by atoms with van der Waals surface area (Å²) >= 11 is 0. The van der Waals surface area contributed by atoms with Gasteiger partial charge in [0.05, 0.1) is 17.6 Å². The molecule has 0 bridgehead atoms. The summed E-state index contributed by atoms with van der Waals surface area (Å²) in [5.41, 5.74) is 1.15. The molecule has 1 saturated heterocycles. The van der Waals surface area contributed by atoms with Crippen LogP contribution < -0.4 is 10.2 Å². The molecular formula is C21H22F3N5. The molecule has 2 aliphatic rings. The minimum absolute atomic E-state index is 0.337. The van der Waals surface area contributed by atoms with Gasteiger partial charge in [-0.2, -0.15) is 13.2 Å².